The van der Waals surface area contributed by atoms with Gasteiger partial charge in [-0.2, -0.15) is 18.3 Å². The van der Waals surface area contributed by atoms with Gasteiger partial charge in [0.25, 0.3) is 5.91 Å². The van der Waals surface area contributed by atoms with E-state index in [0.717, 1.165) is 41.2 Å². The maximum absolute atomic E-state index is 13.2. The fourth-order valence-electron chi connectivity index (χ4n) is 3.80. The molecule has 0 fully saturated rings. The standard InChI is InChI=1S/C29H35F3N4O2/c1-19(2)14-15-35(27(38)21-10-12-22(13-11-21)29(30,31)32)18-26(37)33-25-17-24(28(4,5)6)34-36(25)23-9-7-8-20(3)16-23/h7-13,16-17,19H,14-15,18H2,1-6H3,(H,33,37). The summed E-state index contributed by atoms with van der Waals surface area (Å²) < 4.78 is 40.6. The van der Waals surface area contributed by atoms with E-state index in [-0.39, 0.29) is 30.0 Å². The number of alkyl halides is 3. The van der Waals surface area contributed by atoms with Gasteiger partial charge < -0.3 is 10.2 Å². The average molecular weight is 529 g/mol. The van der Waals surface area contributed by atoms with Crippen LogP contribution in [0.5, 0.6) is 0 Å². The Balaban J connectivity index is 1.86. The summed E-state index contributed by atoms with van der Waals surface area (Å²) >= 11 is 0. The summed E-state index contributed by atoms with van der Waals surface area (Å²) in [6.45, 7) is 12.1. The quantitative estimate of drug-likeness (QED) is 0.357. The number of aromatic nitrogens is 2. The highest BCUT2D eigenvalue weighted by atomic mass is 19.4. The molecular formula is C29H35F3N4O2. The molecule has 0 bridgehead atoms. The third kappa shape index (κ3) is 7.46. The van der Waals surface area contributed by atoms with Gasteiger partial charge >= 0.3 is 6.18 Å². The summed E-state index contributed by atoms with van der Waals surface area (Å²) in [7, 11) is 0. The molecule has 0 aliphatic rings. The van der Waals surface area contributed by atoms with E-state index in [4.69, 9.17) is 5.10 Å². The Bertz CT molecular complexity index is 1270. The highest BCUT2D eigenvalue weighted by Crippen LogP contribution is 2.29. The molecule has 1 N–H and O–H groups in total. The Morgan fingerprint density at radius 3 is 2.24 bits per heavy atom. The van der Waals surface area contributed by atoms with Gasteiger partial charge in [-0.3, -0.25) is 9.59 Å². The van der Waals surface area contributed by atoms with Gasteiger partial charge in [-0.15, -0.1) is 0 Å². The number of carbonyl (C=O) groups is 2. The number of carbonyl (C=O) groups excluding carboxylic acids is 2. The molecule has 9 heteroatoms. The van der Waals surface area contributed by atoms with Crippen LogP contribution >= 0.6 is 0 Å². The molecular weight excluding hydrogens is 493 g/mol. The van der Waals surface area contributed by atoms with Crippen LogP contribution in [0, 0.1) is 12.8 Å². The molecule has 38 heavy (non-hydrogen) atoms. The zero-order chi connectivity index (χ0) is 28.3. The Kier molecular flexibility index (Phi) is 8.69. The van der Waals surface area contributed by atoms with Crippen LogP contribution in [0.3, 0.4) is 0 Å². The van der Waals surface area contributed by atoms with Crippen molar-refractivity contribution in [3.05, 3.63) is 77.0 Å². The van der Waals surface area contributed by atoms with Gasteiger partial charge in [-0.25, -0.2) is 4.68 Å². The van der Waals surface area contributed by atoms with Gasteiger partial charge in [0.1, 0.15) is 12.4 Å². The van der Waals surface area contributed by atoms with E-state index >= 15 is 0 Å². The number of halogens is 3. The van der Waals surface area contributed by atoms with Crippen molar-refractivity contribution in [2.75, 3.05) is 18.4 Å². The van der Waals surface area contributed by atoms with Gasteiger partial charge in [-0.05, 0) is 61.2 Å². The van der Waals surface area contributed by atoms with E-state index in [1.165, 1.54) is 4.90 Å². The summed E-state index contributed by atoms with van der Waals surface area (Å²) in [5, 5.41) is 7.62. The molecule has 0 atom stereocenters. The molecule has 1 heterocycles. The molecule has 6 nitrogen and oxygen atoms in total. The molecule has 1 aromatic heterocycles. The summed E-state index contributed by atoms with van der Waals surface area (Å²) in [5.74, 6) is -0.199. The molecule has 0 unspecified atom stereocenters. The molecule has 0 aliphatic heterocycles. The molecule has 204 valence electrons. The van der Waals surface area contributed by atoms with E-state index in [1.807, 2.05) is 71.9 Å². The fraction of sp³-hybridized carbons (Fsp3) is 0.414. The number of hydrogen-bond acceptors (Lipinski definition) is 3. The first kappa shape index (κ1) is 28.9. The van der Waals surface area contributed by atoms with Crippen molar-refractivity contribution in [3.63, 3.8) is 0 Å². The average Bonchev–Trinajstić information content (AvgIpc) is 3.25. The van der Waals surface area contributed by atoms with E-state index in [1.54, 1.807) is 4.68 Å². The number of rotatable bonds is 8. The molecule has 0 spiro atoms. The Morgan fingerprint density at radius 1 is 1.03 bits per heavy atom. The SMILES string of the molecule is Cc1cccc(-n2nc(C(C)(C)C)cc2NC(=O)CN(CCC(C)C)C(=O)c2ccc(C(F)(F)F)cc2)c1. The Hall–Kier alpha value is -3.62. The minimum Gasteiger partial charge on any atom is -0.329 e. The lowest BCUT2D eigenvalue weighted by Crippen LogP contribution is -2.39. The van der Waals surface area contributed by atoms with Crippen LogP contribution in [0.2, 0.25) is 0 Å². The number of nitrogens with one attached hydrogen (secondary N) is 1. The predicted molar refractivity (Wildman–Crippen MR) is 142 cm³/mol. The topological polar surface area (TPSA) is 67.2 Å². The Morgan fingerprint density at radius 2 is 1.68 bits per heavy atom. The van der Waals surface area contributed by atoms with Crippen LogP contribution in [-0.2, 0) is 16.4 Å². The second kappa shape index (κ2) is 11.4. The molecule has 0 radical (unpaired) electrons. The molecule has 2 aromatic carbocycles. The normalized spacial score (nSPS) is 12.1. The molecule has 2 amide bonds. The van der Waals surface area contributed by atoms with Gasteiger partial charge in [0.2, 0.25) is 5.91 Å². The smallest absolute Gasteiger partial charge is 0.329 e. The van der Waals surface area contributed by atoms with Crippen molar-refractivity contribution in [2.45, 2.75) is 59.6 Å². The zero-order valence-electron chi connectivity index (χ0n) is 22.7. The summed E-state index contributed by atoms with van der Waals surface area (Å²) in [5.41, 5.74) is 1.60. The molecule has 0 saturated carbocycles. The van der Waals surface area contributed by atoms with Crippen LogP contribution in [-0.4, -0.2) is 39.6 Å². The maximum atomic E-state index is 13.2. The molecule has 3 rings (SSSR count). The largest absolute Gasteiger partial charge is 0.416 e. The number of amides is 2. The summed E-state index contributed by atoms with van der Waals surface area (Å²) in [6.07, 6.45) is -3.86. The monoisotopic (exact) mass is 528 g/mol. The minimum absolute atomic E-state index is 0.0920. The van der Waals surface area contributed by atoms with Gasteiger partial charge in [-0.1, -0.05) is 46.8 Å². The van der Waals surface area contributed by atoms with Crippen molar-refractivity contribution < 1.29 is 22.8 Å². The first-order chi connectivity index (χ1) is 17.6. The Labute approximate surface area is 221 Å². The van der Waals surface area contributed by atoms with Gasteiger partial charge in [0.05, 0.1) is 16.9 Å². The lowest BCUT2D eigenvalue weighted by molar-refractivity contribution is -0.137. The predicted octanol–water partition coefficient (Wildman–Crippen LogP) is 6.62. The van der Waals surface area contributed by atoms with Crippen LogP contribution < -0.4 is 5.32 Å². The van der Waals surface area contributed by atoms with E-state index < -0.39 is 23.6 Å². The van der Waals surface area contributed by atoms with Crippen LogP contribution in [0.15, 0.2) is 54.6 Å². The number of anilines is 1. The second-order valence-corrected chi connectivity index (χ2v) is 10.9. The van der Waals surface area contributed by atoms with E-state index in [9.17, 15) is 22.8 Å². The van der Waals surface area contributed by atoms with Crippen LogP contribution in [0.25, 0.3) is 5.69 Å². The summed E-state index contributed by atoms with van der Waals surface area (Å²) in [6, 6.07) is 13.6. The van der Waals surface area contributed by atoms with E-state index in [2.05, 4.69) is 5.32 Å². The first-order valence-electron chi connectivity index (χ1n) is 12.6. The van der Waals surface area contributed by atoms with Crippen molar-refractivity contribution in [1.82, 2.24) is 14.7 Å². The lowest BCUT2D eigenvalue weighted by atomic mass is 9.92. The lowest BCUT2D eigenvalue weighted by Gasteiger charge is -2.23. The first-order valence-corrected chi connectivity index (χ1v) is 12.6. The molecule has 0 aliphatic carbocycles. The van der Waals surface area contributed by atoms with Gasteiger partial charge in [0, 0.05) is 23.6 Å². The fourth-order valence-corrected chi connectivity index (χ4v) is 3.80. The van der Waals surface area contributed by atoms with Crippen molar-refractivity contribution in [3.8, 4) is 5.69 Å². The van der Waals surface area contributed by atoms with Crippen LogP contribution in [0.4, 0.5) is 19.0 Å². The zero-order valence-corrected chi connectivity index (χ0v) is 22.7. The maximum Gasteiger partial charge on any atom is 0.416 e. The number of nitrogens with zero attached hydrogens (tertiary/aromatic N) is 3. The third-order valence-corrected chi connectivity index (χ3v) is 6.05. The molecule has 0 saturated heterocycles. The second-order valence-electron chi connectivity index (χ2n) is 10.9. The third-order valence-electron chi connectivity index (χ3n) is 6.05. The van der Waals surface area contributed by atoms with Crippen molar-refractivity contribution in [2.24, 2.45) is 5.92 Å². The minimum atomic E-state index is -4.50. The van der Waals surface area contributed by atoms with Crippen molar-refractivity contribution >= 4 is 17.6 Å². The number of benzene rings is 2. The highest BCUT2D eigenvalue weighted by Gasteiger charge is 2.31. The van der Waals surface area contributed by atoms with Crippen LogP contribution in [0.1, 0.15) is 68.2 Å². The van der Waals surface area contributed by atoms with E-state index in [0.29, 0.717) is 12.2 Å². The highest BCUT2D eigenvalue weighted by molar-refractivity contribution is 5.99. The molecule has 3 aromatic rings. The van der Waals surface area contributed by atoms with Gasteiger partial charge in [0.15, 0.2) is 0 Å². The number of hydrogen-bond donors (Lipinski definition) is 1. The summed E-state index contributed by atoms with van der Waals surface area (Å²) in [4.78, 5) is 27.8. The van der Waals surface area contributed by atoms with Crippen molar-refractivity contribution in [1.29, 1.82) is 0 Å². The number of aryl methyl sites for hydroxylation is 1.